The Hall–Kier alpha value is -2.82. The monoisotopic (exact) mass is 338 g/mol. The number of rotatable bonds is 3. The normalized spacial score (nSPS) is 19.0. The molecular formula is C20H22N2O3. The van der Waals surface area contributed by atoms with Crippen molar-refractivity contribution in [1.82, 2.24) is 0 Å². The standard InChI is InChI=1S/C20H22N2O3/c1-3-25-20(24)19(23)22-14(2)13-17(16-11-7-8-12-18(16)22)21-15-9-5-4-6-10-15/h4-12,14,17,21H,3,13H2,1-2H3. The van der Waals surface area contributed by atoms with Crippen molar-refractivity contribution in [1.29, 1.82) is 0 Å². The summed E-state index contributed by atoms with van der Waals surface area (Å²) in [6.07, 6.45) is 0.705. The Kier molecular flexibility index (Phi) is 5.03. The molecule has 1 aliphatic heterocycles. The third kappa shape index (κ3) is 3.50. The molecule has 0 aromatic heterocycles. The molecule has 0 spiro atoms. The predicted octanol–water partition coefficient (Wildman–Crippen LogP) is 3.53. The summed E-state index contributed by atoms with van der Waals surface area (Å²) in [5.74, 6) is -1.42. The summed E-state index contributed by atoms with van der Waals surface area (Å²) >= 11 is 0. The molecule has 0 radical (unpaired) electrons. The van der Waals surface area contributed by atoms with Crippen LogP contribution in [0.2, 0.25) is 0 Å². The lowest BCUT2D eigenvalue weighted by Crippen LogP contribution is -2.47. The Balaban J connectivity index is 1.92. The lowest BCUT2D eigenvalue weighted by Gasteiger charge is -2.39. The van der Waals surface area contributed by atoms with Crippen LogP contribution in [-0.2, 0) is 14.3 Å². The highest BCUT2D eigenvalue weighted by Crippen LogP contribution is 2.38. The maximum atomic E-state index is 12.6. The number of carbonyl (C=O) groups excluding carboxylic acids is 2. The molecule has 0 bridgehead atoms. The molecule has 2 aromatic carbocycles. The van der Waals surface area contributed by atoms with E-state index in [0.717, 1.165) is 16.9 Å². The van der Waals surface area contributed by atoms with Gasteiger partial charge in [0.05, 0.1) is 12.6 Å². The van der Waals surface area contributed by atoms with Crippen LogP contribution in [0.15, 0.2) is 54.6 Å². The van der Waals surface area contributed by atoms with E-state index >= 15 is 0 Å². The minimum absolute atomic E-state index is 0.0693. The smallest absolute Gasteiger partial charge is 0.397 e. The first-order valence-corrected chi connectivity index (χ1v) is 8.52. The van der Waals surface area contributed by atoms with Crippen molar-refractivity contribution < 1.29 is 14.3 Å². The van der Waals surface area contributed by atoms with Gasteiger partial charge in [0.2, 0.25) is 0 Å². The molecule has 2 atom stereocenters. The number of hydrogen-bond donors (Lipinski definition) is 1. The number of fused-ring (bicyclic) bond motifs is 1. The van der Waals surface area contributed by atoms with Crippen molar-refractivity contribution in [3.05, 3.63) is 60.2 Å². The number of hydrogen-bond acceptors (Lipinski definition) is 4. The third-order valence-corrected chi connectivity index (χ3v) is 4.37. The number of nitrogens with one attached hydrogen (secondary N) is 1. The van der Waals surface area contributed by atoms with Crippen molar-refractivity contribution in [3.8, 4) is 0 Å². The van der Waals surface area contributed by atoms with E-state index in [4.69, 9.17) is 4.74 Å². The van der Waals surface area contributed by atoms with E-state index in [9.17, 15) is 9.59 Å². The highest BCUT2D eigenvalue weighted by Gasteiger charge is 2.36. The van der Waals surface area contributed by atoms with Crippen molar-refractivity contribution in [2.45, 2.75) is 32.4 Å². The second-order valence-corrected chi connectivity index (χ2v) is 6.10. The van der Waals surface area contributed by atoms with E-state index in [1.165, 1.54) is 0 Å². The molecule has 1 N–H and O–H groups in total. The molecule has 2 aromatic rings. The van der Waals surface area contributed by atoms with Crippen molar-refractivity contribution in [2.75, 3.05) is 16.8 Å². The summed E-state index contributed by atoms with van der Waals surface area (Å²) < 4.78 is 4.90. The van der Waals surface area contributed by atoms with Gasteiger partial charge in [0.15, 0.2) is 0 Å². The largest absolute Gasteiger partial charge is 0.459 e. The second-order valence-electron chi connectivity index (χ2n) is 6.10. The Morgan fingerprint density at radius 2 is 1.80 bits per heavy atom. The summed E-state index contributed by atoms with van der Waals surface area (Å²) in [5.41, 5.74) is 2.79. The van der Waals surface area contributed by atoms with Crippen LogP contribution < -0.4 is 10.2 Å². The molecule has 1 aliphatic rings. The molecule has 0 saturated carbocycles. The van der Waals surface area contributed by atoms with E-state index in [2.05, 4.69) is 5.32 Å². The lowest BCUT2D eigenvalue weighted by atomic mass is 9.91. The summed E-state index contributed by atoms with van der Waals surface area (Å²) in [6, 6.07) is 17.6. The van der Waals surface area contributed by atoms with Gasteiger partial charge < -0.3 is 10.1 Å². The number of esters is 1. The predicted molar refractivity (Wildman–Crippen MR) is 97.4 cm³/mol. The lowest BCUT2D eigenvalue weighted by molar-refractivity contribution is -0.153. The Morgan fingerprint density at radius 1 is 1.12 bits per heavy atom. The first-order chi connectivity index (χ1) is 12.1. The Morgan fingerprint density at radius 3 is 2.52 bits per heavy atom. The topological polar surface area (TPSA) is 58.6 Å². The summed E-state index contributed by atoms with van der Waals surface area (Å²) in [5, 5.41) is 3.53. The van der Waals surface area contributed by atoms with E-state index in [1.807, 2.05) is 61.5 Å². The number of nitrogens with zero attached hydrogens (tertiary/aromatic N) is 1. The van der Waals surface area contributed by atoms with Crippen LogP contribution in [0.25, 0.3) is 0 Å². The quantitative estimate of drug-likeness (QED) is 0.687. The van der Waals surface area contributed by atoms with Gasteiger partial charge >= 0.3 is 11.9 Å². The van der Waals surface area contributed by atoms with E-state index in [-0.39, 0.29) is 18.7 Å². The fourth-order valence-corrected chi connectivity index (χ4v) is 3.29. The molecule has 25 heavy (non-hydrogen) atoms. The minimum Gasteiger partial charge on any atom is -0.459 e. The molecule has 0 aliphatic carbocycles. The van der Waals surface area contributed by atoms with Gasteiger partial charge in [-0.05, 0) is 44.0 Å². The van der Waals surface area contributed by atoms with Gasteiger partial charge in [-0.1, -0.05) is 36.4 Å². The molecule has 5 heteroatoms. The summed E-state index contributed by atoms with van der Waals surface area (Å²) in [7, 11) is 0. The first-order valence-electron chi connectivity index (χ1n) is 8.52. The van der Waals surface area contributed by atoms with Crippen LogP contribution in [0, 0.1) is 0 Å². The zero-order chi connectivity index (χ0) is 17.8. The zero-order valence-electron chi connectivity index (χ0n) is 14.4. The Labute approximate surface area is 147 Å². The molecule has 3 rings (SSSR count). The molecule has 1 heterocycles. The van der Waals surface area contributed by atoms with Crippen LogP contribution in [-0.4, -0.2) is 24.5 Å². The molecule has 1 amide bonds. The van der Waals surface area contributed by atoms with E-state index in [0.29, 0.717) is 6.42 Å². The van der Waals surface area contributed by atoms with Crippen LogP contribution in [0.5, 0.6) is 0 Å². The summed E-state index contributed by atoms with van der Waals surface area (Å²) in [6.45, 7) is 3.83. The van der Waals surface area contributed by atoms with Gasteiger partial charge in [-0.3, -0.25) is 9.69 Å². The van der Waals surface area contributed by atoms with Gasteiger partial charge in [-0.2, -0.15) is 0 Å². The highest BCUT2D eigenvalue weighted by atomic mass is 16.5. The summed E-state index contributed by atoms with van der Waals surface area (Å²) in [4.78, 5) is 26.1. The van der Waals surface area contributed by atoms with Crippen LogP contribution in [0.4, 0.5) is 11.4 Å². The van der Waals surface area contributed by atoms with Gasteiger partial charge in [0, 0.05) is 17.4 Å². The maximum absolute atomic E-state index is 12.6. The molecule has 130 valence electrons. The molecular weight excluding hydrogens is 316 g/mol. The second kappa shape index (κ2) is 7.38. The average molecular weight is 338 g/mol. The number of para-hydroxylation sites is 2. The maximum Gasteiger partial charge on any atom is 0.397 e. The zero-order valence-corrected chi connectivity index (χ0v) is 14.4. The number of anilines is 2. The van der Waals surface area contributed by atoms with Crippen molar-refractivity contribution >= 4 is 23.3 Å². The Bertz CT molecular complexity index is 761. The van der Waals surface area contributed by atoms with Crippen LogP contribution in [0.1, 0.15) is 31.9 Å². The van der Waals surface area contributed by atoms with Gasteiger partial charge in [-0.15, -0.1) is 0 Å². The fourth-order valence-electron chi connectivity index (χ4n) is 3.29. The number of amides is 1. The SMILES string of the molecule is CCOC(=O)C(=O)N1c2ccccc2C(Nc2ccccc2)CC1C. The van der Waals surface area contributed by atoms with Gasteiger partial charge in [0.1, 0.15) is 0 Å². The van der Waals surface area contributed by atoms with Gasteiger partial charge in [0.25, 0.3) is 0 Å². The van der Waals surface area contributed by atoms with Gasteiger partial charge in [-0.25, -0.2) is 4.79 Å². The molecule has 0 saturated heterocycles. The van der Waals surface area contributed by atoms with Crippen molar-refractivity contribution in [3.63, 3.8) is 0 Å². The number of ether oxygens (including phenoxy) is 1. The van der Waals surface area contributed by atoms with Crippen LogP contribution >= 0.6 is 0 Å². The van der Waals surface area contributed by atoms with Crippen molar-refractivity contribution in [2.24, 2.45) is 0 Å². The molecule has 0 fully saturated rings. The molecule has 5 nitrogen and oxygen atoms in total. The number of benzene rings is 2. The van der Waals surface area contributed by atoms with E-state index in [1.54, 1.807) is 11.8 Å². The number of carbonyl (C=O) groups is 2. The highest BCUT2D eigenvalue weighted by molar-refractivity contribution is 6.38. The average Bonchev–Trinajstić information content (AvgIpc) is 2.62. The molecule has 2 unspecified atom stereocenters. The minimum atomic E-state index is -0.807. The van der Waals surface area contributed by atoms with E-state index < -0.39 is 11.9 Å². The van der Waals surface area contributed by atoms with Crippen LogP contribution in [0.3, 0.4) is 0 Å². The first kappa shape index (κ1) is 17.0. The third-order valence-electron chi connectivity index (χ3n) is 4.37. The fraction of sp³-hybridized carbons (Fsp3) is 0.300.